The van der Waals surface area contributed by atoms with Gasteiger partial charge < -0.3 is 20.4 Å². The van der Waals surface area contributed by atoms with Crippen LogP contribution in [-0.4, -0.2) is 61.9 Å². The van der Waals surface area contributed by atoms with Crippen molar-refractivity contribution in [3.8, 4) is 0 Å². The van der Waals surface area contributed by atoms with Crippen molar-refractivity contribution in [1.82, 2.24) is 15.5 Å². The number of carbonyl (C=O) groups excluding carboxylic acids is 3. The second-order valence-corrected chi connectivity index (χ2v) is 6.97. The number of rotatable bonds is 7. The average molecular weight is 378 g/mol. The summed E-state index contributed by atoms with van der Waals surface area (Å²) in [4.78, 5) is 39.1. The standard InChI is InChI=1S/C19H27FN4O3/c1-14-4-5-15(20)12-16(14)23-8-10-24(11-9-23)17(26)6-7-19(2,22-13-25)18(27)21-3/h4-5,12-13H,6-11H2,1-3H3,(H,21,27)(H,22,25). The first-order valence-corrected chi connectivity index (χ1v) is 9.03. The highest BCUT2D eigenvalue weighted by molar-refractivity contribution is 5.88. The van der Waals surface area contributed by atoms with Gasteiger partial charge in [0.05, 0.1) is 0 Å². The van der Waals surface area contributed by atoms with Gasteiger partial charge in [0.1, 0.15) is 11.4 Å². The number of piperazine rings is 1. The zero-order valence-electron chi connectivity index (χ0n) is 16.0. The summed E-state index contributed by atoms with van der Waals surface area (Å²) in [6.07, 6.45) is 0.844. The molecule has 1 aliphatic heterocycles. The first kappa shape index (κ1) is 20.7. The Hall–Kier alpha value is -2.64. The van der Waals surface area contributed by atoms with Crippen molar-refractivity contribution in [3.05, 3.63) is 29.6 Å². The average Bonchev–Trinajstić information content (AvgIpc) is 2.67. The fourth-order valence-corrected chi connectivity index (χ4v) is 3.29. The molecule has 1 atom stereocenters. The van der Waals surface area contributed by atoms with Crippen LogP contribution in [0.5, 0.6) is 0 Å². The number of benzene rings is 1. The molecule has 2 rings (SSSR count). The number of nitrogens with one attached hydrogen (secondary N) is 2. The van der Waals surface area contributed by atoms with Gasteiger partial charge in [0.15, 0.2) is 0 Å². The second kappa shape index (κ2) is 8.83. The van der Waals surface area contributed by atoms with Crippen LogP contribution in [0.15, 0.2) is 18.2 Å². The zero-order chi connectivity index (χ0) is 20.0. The minimum atomic E-state index is -1.12. The van der Waals surface area contributed by atoms with Crippen LogP contribution < -0.4 is 15.5 Å². The Kier molecular flexibility index (Phi) is 6.76. The summed E-state index contributed by atoms with van der Waals surface area (Å²) in [5, 5.41) is 5.01. The number of hydrogen-bond donors (Lipinski definition) is 2. The molecule has 7 nitrogen and oxygen atoms in total. The van der Waals surface area contributed by atoms with E-state index in [-0.39, 0.29) is 30.5 Å². The first-order chi connectivity index (χ1) is 12.8. The fraction of sp³-hybridized carbons (Fsp3) is 0.526. The molecule has 148 valence electrons. The van der Waals surface area contributed by atoms with Crippen molar-refractivity contribution >= 4 is 23.9 Å². The lowest BCUT2D eigenvalue weighted by Gasteiger charge is -2.37. The molecule has 0 aromatic heterocycles. The molecule has 1 aromatic carbocycles. The molecule has 1 heterocycles. The summed E-state index contributed by atoms with van der Waals surface area (Å²) in [6.45, 7) is 5.84. The van der Waals surface area contributed by atoms with Crippen molar-refractivity contribution < 1.29 is 18.8 Å². The number of nitrogens with zero attached hydrogens (tertiary/aromatic N) is 2. The number of hydrogen-bond acceptors (Lipinski definition) is 4. The summed E-state index contributed by atoms with van der Waals surface area (Å²) < 4.78 is 13.5. The van der Waals surface area contributed by atoms with Crippen LogP contribution in [0.4, 0.5) is 10.1 Å². The van der Waals surface area contributed by atoms with Gasteiger partial charge in [-0.15, -0.1) is 0 Å². The third kappa shape index (κ3) is 4.96. The van der Waals surface area contributed by atoms with E-state index in [1.165, 1.54) is 19.2 Å². The summed E-state index contributed by atoms with van der Waals surface area (Å²) in [5.74, 6) is -0.674. The molecule has 1 aromatic rings. The molecule has 0 aliphatic carbocycles. The summed E-state index contributed by atoms with van der Waals surface area (Å²) in [5.41, 5.74) is 0.731. The van der Waals surface area contributed by atoms with E-state index in [2.05, 4.69) is 15.5 Å². The number of halogens is 1. The molecular weight excluding hydrogens is 351 g/mol. The molecule has 0 radical (unpaired) electrons. The second-order valence-electron chi connectivity index (χ2n) is 6.97. The van der Waals surface area contributed by atoms with Crippen molar-refractivity contribution in [1.29, 1.82) is 0 Å². The molecular formula is C19H27FN4O3. The lowest BCUT2D eigenvalue weighted by Crippen LogP contribution is -2.54. The van der Waals surface area contributed by atoms with Crippen molar-refractivity contribution in [2.75, 3.05) is 38.1 Å². The van der Waals surface area contributed by atoms with Gasteiger partial charge in [-0.1, -0.05) is 6.07 Å². The van der Waals surface area contributed by atoms with E-state index in [1.807, 2.05) is 6.92 Å². The number of likely N-dealkylation sites (N-methyl/N-ethyl adjacent to an activating group) is 1. The predicted octanol–water partition coefficient (Wildman–Crippen LogP) is 0.814. The topological polar surface area (TPSA) is 81.8 Å². The Labute approximate surface area is 158 Å². The molecule has 3 amide bonds. The Morgan fingerprint density at radius 2 is 1.93 bits per heavy atom. The summed E-state index contributed by atoms with van der Waals surface area (Å²) >= 11 is 0. The van der Waals surface area contributed by atoms with Gasteiger partial charge in [-0.05, 0) is 38.0 Å². The highest BCUT2D eigenvalue weighted by Crippen LogP contribution is 2.23. The van der Waals surface area contributed by atoms with Gasteiger partial charge in [0, 0.05) is 45.3 Å². The Morgan fingerprint density at radius 3 is 2.52 bits per heavy atom. The van der Waals surface area contributed by atoms with Crippen LogP contribution in [0.25, 0.3) is 0 Å². The summed E-state index contributed by atoms with van der Waals surface area (Å²) in [6, 6.07) is 4.71. The number of amides is 3. The molecule has 1 saturated heterocycles. The quantitative estimate of drug-likeness (QED) is 0.688. The molecule has 1 aliphatic rings. The predicted molar refractivity (Wildman–Crippen MR) is 101 cm³/mol. The Balaban J connectivity index is 1.92. The SMILES string of the molecule is CNC(=O)C(C)(CCC(=O)N1CCN(c2cc(F)ccc2C)CC1)NC=O. The molecule has 0 spiro atoms. The number of carbonyl (C=O) groups is 3. The van der Waals surface area contributed by atoms with Crippen LogP contribution in [0.2, 0.25) is 0 Å². The van der Waals surface area contributed by atoms with E-state index >= 15 is 0 Å². The van der Waals surface area contributed by atoms with Crippen molar-refractivity contribution in [2.45, 2.75) is 32.2 Å². The van der Waals surface area contributed by atoms with Crippen LogP contribution >= 0.6 is 0 Å². The third-order valence-corrected chi connectivity index (χ3v) is 5.09. The van der Waals surface area contributed by atoms with Crippen molar-refractivity contribution in [2.24, 2.45) is 0 Å². The van der Waals surface area contributed by atoms with Gasteiger partial charge in [-0.2, -0.15) is 0 Å². The minimum Gasteiger partial charge on any atom is -0.368 e. The van der Waals surface area contributed by atoms with Crippen LogP contribution in [0.1, 0.15) is 25.3 Å². The Morgan fingerprint density at radius 1 is 1.26 bits per heavy atom. The third-order valence-electron chi connectivity index (χ3n) is 5.09. The van der Waals surface area contributed by atoms with E-state index in [4.69, 9.17) is 0 Å². The molecule has 1 unspecified atom stereocenters. The van der Waals surface area contributed by atoms with E-state index < -0.39 is 5.54 Å². The monoisotopic (exact) mass is 378 g/mol. The maximum absolute atomic E-state index is 13.5. The van der Waals surface area contributed by atoms with Crippen LogP contribution in [0, 0.1) is 12.7 Å². The molecule has 0 bridgehead atoms. The normalized spacial score (nSPS) is 16.4. The fourth-order valence-electron chi connectivity index (χ4n) is 3.29. The van der Waals surface area contributed by atoms with Gasteiger partial charge in [0.25, 0.3) is 0 Å². The smallest absolute Gasteiger partial charge is 0.245 e. The first-order valence-electron chi connectivity index (χ1n) is 9.03. The number of anilines is 1. The van der Waals surface area contributed by atoms with Gasteiger partial charge in [0.2, 0.25) is 18.2 Å². The van der Waals surface area contributed by atoms with Crippen LogP contribution in [0.3, 0.4) is 0 Å². The lowest BCUT2D eigenvalue weighted by atomic mass is 9.94. The van der Waals surface area contributed by atoms with E-state index in [0.29, 0.717) is 32.6 Å². The highest BCUT2D eigenvalue weighted by Gasteiger charge is 2.33. The lowest BCUT2D eigenvalue weighted by molar-refractivity contribution is -0.134. The number of aryl methyl sites for hydroxylation is 1. The maximum Gasteiger partial charge on any atom is 0.245 e. The summed E-state index contributed by atoms with van der Waals surface area (Å²) in [7, 11) is 1.49. The van der Waals surface area contributed by atoms with Gasteiger partial charge in [-0.25, -0.2) is 4.39 Å². The zero-order valence-corrected chi connectivity index (χ0v) is 16.0. The highest BCUT2D eigenvalue weighted by atomic mass is 19.1. The molecule has 1 fully saturated rings. The van der Waals surface area contributed by atoms with E-state index in [9.17, 15) is 18.8 Å². The van der Waals surface area contributed by atoms with Gasteiger partial charge >= 0.3 is 0 Å². The largest absolute Gasteiger partial charge is 0.368 e. The molecule has 0 saturated carbocycles. The van der Waals surface area contributed by atoms with Gasteiger partial charge in [-0.3, -0.25) is 14.4 Å². The molecule has 27 heavy (non-hydrogen) atoms. The maximum atomic E-state index is 13.5. The van der Waals surface area contributed by atoms with E-state index in [0.717, 1.165) is 11.3 Å². The molecule has 8 heteroatoms. The Bertz CT molecular complexity index is 704. The molecule has 2 N–H and O–H groups in total. The van der Waals surface area contributed by atoms with E-state index in [1.54, 1.807) is 17.9 Å². The minimum absolute atomic E-state index is 0.0616. The van der Waals surface area contributed by atoms with Crippen molar-refractivity contribution in [3.63, 3.8) is 0 Å². The van der Waals surface area contributed by atoms with Crippen LogP contribution in [-0.2, 0) is 14.4 Å².